The molecule has 2 aromatic heterocycles. The molecule has 1 fully saturated rings. The summed E-state index contributed by atoms with van der Waals surface area (Å²) in [7, 11) is 4.04. The number of halogens is 3. The molecule has 0 spiro atoms. The summed E-state index contributed by atoms with van der Waals surface area (Å²) in [6, 6.07) is 14.4. The molecule has 1 saturated heterocycles. The minimum atomic E-state index is -4.41. The van der Waals surface area contributed by atoms with Crippen molar-refractivity contribution < 1.29 is 13.2 Å². The third kappa shape index (κ3) is 5.04. The molecule has 0 bridgehead atoms. The Labute approximate surface area is 196 Å². The van der Waals surface area contributed by atoms with E-state index in [1.807, 2.05) is 49.0 Å². The molecular weight excluding hydrogens is 447 g/mol. The quantitative estimate of drug-likeness (QED) is 0.498. The first-order valence-electron chi connectivity index (χ1n) is 10.7. The topological polar surface area (TPSA) is 36.3 Å². The minimum absolute atomic E-state index is 0.223. The van der Waals surface area contributed by atoms with Gasteiger partial charge in [-0.25, -0.2) is 0 Å². The van der Waals surface area contributed by atoms with E-state index in [1.54, 1.807) is 18.5 Å². The fraction of sp³-hybridized carbons (Fsp3) is 0.333. The molecule has 0 radical (unpaired) electrons. The molecule has 33 heavy (non-hydrogen) atoms. The van der Waals surface area contributed by atoms with Crippen LogP contribution >= 0.6 is 12.2 Å². The zero-order valence-electron chi connectivity index (χ0n) is 18.5. The van der Waals surface area contributed by atoms with Gasteiger partial charge in [-0.05, 0) is 81.7 Å². The van der Waals surface area contributed by atoms with E-state index in [1.165, 1.54) is 12.1 Å². The normalized spacial score (nSPS) is 18.7. The molecule has 0 aliphatic carbocycles. The standard InChI is InChI=1S/C24H26F3N5S/c1-30(2)13-7-15-32-22(21(29-23(32)33)19-10-3-4-12-28-19)20-11-6-14-31(20)18-9-5-8-17(16-18)24(25,26)27/h3-6,8-12,14,16,21-22H,7,13,15H2,1-2H3,(H,29,33)/t21-,22+/m1/s1. The second-order valence-corrected chi connectivity index (χ2v) is 8.71. The molecule has 174 valence electrons. The van der Waals surface area contributed by atoms with E-state index in [0.717, 1.165) is 30.4 Å². The average Bonchev–Trinajstić information content (AvgIpc) is 3.38. The second-order valence-electron chi connectivity index (χ2n) is 8.33. The molecule has 0 saturated carbocycles. The maximum absolute atomic E-state index is 13.4. The molecule has 0 amide bonds. The van der Waals surface area contributed by atoms with Gasteiger partial charge in [0.05, 0.1) is 23.3 Å². The van der Waals surface area contributed by atoms with Gasteiger partial charge in [-0.3, -0.25) is 4.98 Å². The highest BCUT2D eigenvalue weighted by atomic mass is 32.1. The van der Waals surface area contributed by atoms with Crippen LogP contribution in [-0.4, -0.2) is 51.6 Å². The van der Waals surface area contributed by atoms with E-state index < -0.39 is 11.7 Å². The summed E-state index contributed by atoms with van der Waals surface area (Å²) in [6.45, 7) is 1.61. The molecule has 1 aliphatic rings. The van der Waals surface area contributed by atoms with Gasteiger partial charge in [0.2, 0.25) is 0 Å². The first-order chi connectivity index (χ1) is 15.8. The number of thiocarbonyl (C=S) groups is 1. The number of hydrogen-bond donors (Lipinski definition) is 1. The van der Waals surface area contributed by atoms with E-state index in [0.29, 0.717) is 17.3 Å². The van der Waals surface area contributed by atoms with Gasteiger partial charge in [0.15, 0.2) is 5.11 Å². The van der Waals surface area contributed by atoms with Crippen molar-refractivity contribution in [2.24, 2.45) is 0 Å². The molecule has 4 rings (SSSR count). The molecule has 1 aliphatic heterocycles. The summed E-state index contributed by atoms with van der Waals surface area (Å²) in [5.41, 5.74) is 1.46. The molecule has 2 atom stereocenters. The van der Waals surface area contributed by atoms with Crippen molar-refractivity contribution in [3.63, 3.8) is 0 Å². The van der Waals surface area contributed by atoms with E-state index in [4.69, 9.17) is 12.2 Å². The third-order valence-corrected chi connectivity index (χ3v) is 6.09. The molecule has 3 heterocycles. The predicted octanol–water partition coefficient (Wildman–Crippen LogP) is 4.82. The Kier molecular flexibility index (Phi) is 6.71. The van der Waals surface area contributed by atoms with Crippen LogP contribution in [0, 0.1) is 0 Å². The smallest absolute Gasteiger partial charge is 0.352 e. The number of hydrogen-bond acceptors (Lipinski definition) is 3. The number of nitrogens with zero attached hydrogens (tertiary/aromatic N) is 4. The molecule has 5 nitrogen and oxygen atoms in total. The lowest BCUT2D eigenvalue weighted by molar-refractivity contribution is -0.137. The van der Waals surface area contributed by atoms with Crippen LogP contribution in [0.1, 0.15) is 35.5 Å². The van der Waals surface area contributed by atoms with Crippen LogP contribution in [0.3, 0.4) is 0 Å². The maximum Gasteiger partial charge on any atom is 0.416 e. The van der Waals surface area contributed by atoms with Crippen LogP contribution in [0.2, 0.25) is 0 Å². The maximum atomic E-state index is 13.4. The highest BCUT2D eigenvalue weighted by Crippen LogP contribution is 2.40. The predicted molar refractivity (Wildman–Crippen MR) is 126 cm³/mol. The highest BCUT2D eigenvalue weighted by molar-refractivity contribution is 7.80. The van der Waals surface area contributed by atoms with Gasteiger partial charge >= 0.3 is 6.18 Å². The number of benzene rings is 1. The average molecular weight is 474 g/mol. The first-order valence-corrected chi connectivity index (χ1v) is 11.1. The summed E-state index contributed by atoms with van der Waals surface area (Å²) < 4.78 is 41.9. The largest absolute Gasteiger partial charge is 0.416 e. The van der Waals surface area contributed by atoms with Gasteiger partial charge in [0.1, 0.15) is 0 Å². The van der Waals surface area contributed by atoms with Crippen molar-refractivity contribution in [3.05, 3.63) is 83.9 Å². The molecule has 0 unspecified atom stereocenters. The second kappa shape index (κ2) is 9.52. The Morgan fingerprint density at radius 3 is 2.61 bits per heavy atom. The molecule has 1 N–H and O–H groups in total. The SMILES string of the molecule is CN(C)CCCN1C(=S)N[C@H](c2ccccn2)[C@@H]1c1cccn1-c1cccc(C(F)(F)F)c1. The highest BCUT2D eigenvalue weighted by Gasteiger charge is 2.41. The zero-order valence-corrected chi connectivity index (χ0v) is 19.3. The summed E-state index contributed by atoms with van der Waals surface area (Å²) in [5, 5.41) is 4.02. The van der Waals surface area contributed by atoms with Crippen LogP contribution in [0.4, 0.5) is 13.2 Å². The number of aromatic nitrogens is 2. The first kappa shape index (κ1) is 23.3. The van der Waals surface area contributed by atoms with Crippen LogP contribution in [0.15, 0.2) is 67.0 Å². The van der Waals surface area contributed by atoms with Gasteiger partial charge in [0.25, 0.3) is 0 Å². The van der Waals surface area contributed by atoms with Crippen molar-refractivity contribution in [1.82, 2.24) is 24.7 Å². The third-order valence-electron chi connectivity index (χ3n) is 5.74. The zero-order chi connectivity index (χ0) is 23.6. The van der Waals surface area contributed by atoms with E-state index in [-0.39, 0.29) is 12.1 Å². The number of rotatable bonds is 7. The van der Waals surface area contributed by atoms with Gasteiger partial charge in [-0.2, -0.15) is 13.2 Å². The van der Waals surface area contributed by atoms with Crippen LogP contribution in [-0.2, 0) is 6.18 Å². The molecule has 3 aromatic rings. The number of alkyl halides is 3. The van der Waals surface area contributed by atoms with Crippen LogP contribution < -0.4 is 5.32 Å². The van der Waals surface area contributed by atoms with Crippen LogP contribution in [0.5, 0.6) is 0 Å². The Bertz CT molecular complexity index is 1100. The van der Waals surface area contributed by atoms with E-state index in [9.17, 15) is 13.2 Å². The van der Waals surface area contributed by atoms with E-state index >= 15 is 0 Å². The van der Waals surface area contributed by atoms with Crippen molar-refractivity contribution in [3.8, 4) is 5.69 Å². The van der Waals surface area contributed by atoms with Gasteiger partial charge < -0.3 is 19.7 Å². The Balaban J connectivity index is 1.75. The Morgan fingerprint density at radius 1 is 1.09 bits per heavy atom. The van der Waals surface area contributed by atoms with Gasteiger partial charge in [-0.1, -0.05) is 12.1 Å². The number of pyridine rings is 1. The summed E-state index contributed by atoms with van der Waals surface area (Å²) in [6.07, 6.45) is 0.0103. The lowest BCUT2D eigenvalue weighted by atomic mass is 10.0. The Morgan fingerprint density at radius 2 is 1.91 bits per heavy atom. The van der Waals surface area contributed by atoms with Crippen molar-refractivity contribution in [2.75, 3.05) is 27.2 Å². The number of nitrogens with one attached hydrogen (secondary N) is 1. The fourth-order valence-electron chi connectivity index (χ4n) is 4.23. The molecular formula is C24H26F3N5S. The van der Waals surface area contributed by atoms with Gasteiger partial charge in [0, 0.05) is 30.3 Å². The molecule has 9 heteroatoms. The summed E-state index contributed by atoms with van der Waals surface area (Å²) >= 11 is 5.69. The lowest BCUT2D eigenvalue weighted by Gasteiger charge is -2.29. The van der Waals surface area contributed by atoms with Gasteiger partial charge in [-0.15, -0.1) is 0 Å². The lowest BCUT2D eigenvalue weighted by Crippen LogP contribution is -2.33. The molecule has 1 aromatic carbocycles. The van der Waals surface area contributed by atoms with E-state index in [2.05, 4.69) is 20.1 Å². The van der Waals surface area contributed by atoms with Crippen molar-refractivity contribution >= 4 is 17.3 Å². The van der Waals surface area contributed by atoms with Crippen LogP contribution in [0.25, 0.3) is 5.69 Å². The Hall–Kier alpha value is -2.91. The fourth-order valence-corrected chi connectivity index (χ4v) is 4.56. The summed E-state index contributed by atoms with van der Waals surface area (Å²) in [4.78, 5) is 8.77. The van der Waals surface area contributed by atoms with Crippen molar-refractivity contribution in [1.29, 1.82) is 0 Å². The van der Waals surface area contributed by atoms with Crippen molar-refractivity contribution in [2.45, 2.75) is 24.7 Å². The minimum Gasteiger partial charge on any atom is -0.352 e. The summed E-state index contributed by atoms with van der Waals surface area (Å²) in [5.74, 6) is 0. The monoisotopic (exact) mass is 473 g/mol.